The second-order valence-electron chi connectivity index (χ2n) is 6.41. The van der Waals surface area contributed by atoms with Crippen LogP contribution in [0.4, 0.5) is 5.82 Å². The summed E-state index contributed by atoms with van der Waals surface area (Å²) in [6, 6.07) is 3.64. The van der Waals surface area contributed by atoms with Crippen molar-refractivity contribution in [2.75, 3.05) is 18.4 Å². The Labute approximate surface area is 150 Å². The van der Waals surface area contributed by atoms with Crippen LogP contribution in [0.1, 0.15) is 48.3 Å². The molecule has 0 radical (unpaired) electrons. The SMILES string of the molecule is CC(Nc1cc(C(=O)N2CCCCC2)ccn1)c1cn2ccsc2n1. The van der Waals surface area contributed by atoms with Crippen molar-refractivity contribution in [3.05, 3.63) is 47.4 Å². The Bertz CT molecular complexity index is 852. The lowest BCUT2D eigenvalue weighted by Crippen LogP contribution is -2.35. The predicted molar refractivity (Wildman–Crippen MR) is 99.1 cm³/mol. The number of thiazole rings is 1. The molecule has 130 valence electrons. The molecule has 0 aliphatic carbocycles. The van der Waals surface area contributed by atoms with Crippen LogP contribution in [0.2, 0.25) is 0 Å². The number of piperidine rings is 1. The summed E-state index contributed by atoms with van der Waals surface area (Å²) in [4.78, 5) is 24.5. The molecule has 1 amide bonds. The molecule has 1 aliphatic heterocycles. The fourth-order valence-electron chi connectivity index (χ4n) is 3.17. The second-order valence-corrected chi connectivity index (χ2v) is 7.28. The van der Waals surface area contributed by atoms with E-state index >= 15 is 0 Å². The van der Waals surface area contributed by atoms with Gasteiger partial charge < -0.3 is 10.2 Å². The minimum Gasteiger partial charge on any atom is -0.362 e. The van der Waals surface area contributed by atoms with Gasteiger partial charge in [0.1, 0.15) is 5.82 Å². The van der Waals surface area contributed by atoms with Crippen molar-refractivity contribution in [2.24, 2.45) is 0 Å². The Morgan fingerprint density at radius 3 is 2.96 bits per heavy atom. The zero-order chi connectivity index (χ0) is 17.2. The highest BCUT2D eigenvalue weighted by Crippen LogP contribution is 2.21. The number of carbonyl (C=O) groups is 1. The van der Waals surface area contributed by atoms with Crippen LogP contribution in [-0.2, 0) is 0 Å². The second kappa shape index (κ2) is 6.84. The number of nitrogens with one attached hydrogen (secondary N) is 1. The number of amides is 1. The molecule has 4 rings (SSSR count). The molecule has 0 aromatic carbocycles. The normalized spacial score (nSPS) is 16.1. The number of hydrogen-bond donors (Lipinski definition) is 1. The van der Waals surface area contributed by atoms with Gasteiger partial charge in [-0.2, -0.15) is 0 Å². The Morgan fingerprint density at radius 2 is 2.16 bits per heavy atom. The van der Waals surface area contributed by atoms with E-state index in [1.807, 2.05) is 40.1 Å². The molecule has 1 saturated heterocycles. The fourth-order valence-corrected chi connectivity index (χ4v) is 3.88. The number of imidazole rings is 1. The van der Waals surface area contributed by atoms with Gasteiger partial charge in [-0.05, 0) is 38.3 Å². The first-order valence-corrected chi connectivity index (χ1v) is 9.52. The minimum atomic E-state index is 0.0138. The first kappa shape index (κ1) is 16.1. The number of likely N-dealkylation sites (tertiary alicyclic amines) is 1. The first-order chi connectivity index (χ1) is 12.2. The maximum atomic E-state index is 12.6. The molecule has 1 unspecified atom stereocenters. The van der Waals surface area contributed by atoms with Crippen molar-refractivity contribution >= 4 is 28.0 Å². The van der Waals surface area contributed by atoms with E-state index in [9.17, 15) is 4.79 Å². The number of carbonyl (C=O) groups excluding carboxylic acids is 1. The number of pyridine rings is 1. The number of anilines is 1. The van der Waals surface area contributed by atoms with Crippen LogP contribution in [0.25, 0.3) is 4.96 Å². The van der Waals surface area contributed by atoms with E-state index in [4.69, 9.17) is 0 Å². The topological polar surface area (TPSA) is 62.5 Å². The minimum absolute atomic E-state index is 0.0138. The van der Waals surface area contributed by atoms with E-state index in [0.717, 1.165) is 36.6 Å². The van der Waals surface area contributed by atoms with Crippen LogP contribution >= 0.6 is 11.3 Å². The van der Waals surface area contributed by atoms with E-state index in [-0.39, 0.29) is 11.9 Å². The van der Waals surface area contributed by atoms with Gasteiger partial charge in [-0.15, -0.1) is 11.3 Å². The van der Waals surface area contributed by atoms with Gasteiger partial charge in [0.15, 0.2) is 4.96 Å². The van der Waals surface area contributed by atoms with Crippen molar-refractivity contribution in [3.8, 4) is 0 Å². The Hall–Kier alpha value is -2.41. The molecule has 1 fully saturated rings. The molecule has 4 heterocycles. The fraction of sp³-hybridized carbons (Fsp3) is 0.389. The van der Waals surface area contributed by atoms with E-state index in [0.29, 0.717) is 11.4 Å². The summed E-state index contributed by atoms with van der Waals surface area (Å²) >= 11 is 1.61. The van der Waals surface area contributed by atoms with Gasteiger partial charge in [-0.1, -0.05) is 0 Å². The summed E-state index contributed by atoms with van der Waals surface area (Å²) < 4.78 is 2.02. The van der Waals surface area contributed by atoms with Gasteiger partial charge in [-0.25, -0.2) is 9.97 Å². The smallest absolute Gasteiger partial charge is 0.254 e. The molecule has 25 heavy (non-hydrogen) atoms. The van der Waals surface area contributed by atoms with Crippen LogP contribution < -0.4 is 5.32 Å². The number of aromatic nitrogens is 3. The molecule has 1 aliphatic rings. The van der Waals surface area contributed by atoms with Crippen molar-refractivity contribution in [1.29, 1.82) is 0 Å². The monoisotopic (exact) mass is 355 g/mol. The number of hydrogen-bond acceptors (Lipinski definition) is 5. The lowest BCUT2D eigenvalue weighted by molar-refractivity contribution is 0.0724. The average Bonchev–Trinajstić information content (AvgIpc) is 3.24. The number of fused-ring (bicyclic) bond motifs is 1. The molecule has 1 atom stereocenters. The number of rotatable bonds is 4. The molecular formula is C18H21N5OS. The van der Waals surface area contributed by atoms with Crippen LogP contribution in [0.5, 0.6) is 0 Å². The predicted octanol–water partition coefficient (Wildman–Crippen LogP) is 3.59. The third kappa shape index (κ3) is 3.37. The first-order valence-electron chi connectivity index (χ1n) is 8.65. The zero-order valence-electron chi connectivity index (χ0n) is 14.2. The summed E-state index contributed by atoms with van der Waals surface area (Å²) in [6.45, 7) is 3.75. The zero-order valence-corrected chi connectivity index (χ0v) is 15.0. The van der Waals surface area contributed by atoms with Gasteiger partial charge in [0, 0.05) is 42.6 Å². The molecule has 6 nitrogen and oxygen atoms in total. The molecule has 3 aromatic heterocycles. The molecule has 1 N–H and O–H groups in total. The maximum Gasteiger partial charge on any atom is 0.254 e. The summed E-state index contributed by atoms with van der Waals surface area (Å²) in [5, 5.41) is 5.37. The lowest BCUT2D eigenvalue weighted by atomic mass is 10.1. The highest BCUT2D eigenvalue weighted by molar-refractivity contribution is 7.15. The molecule has 3 aromatic rings. The van der Waals surface area contributed by atoms with Crippen molar-refractivity contribution in [1.82, 2.24) is 19.3 Å². The average molecular weight is 355 g/mol. The summed E-state index contributed by atoms with van der Waals surface area (Å²) in [5.74, 6) is 0.798. The molecule has 7 heteroatoms. The molecule has 0 spiro atoms. The highest BCUT2D eigenvalue weighted by atomic mass is 32.1. The Balaban J connectivity index is 1.48. The van der Waals surface area contributed by atoms with Crippen molar-refractivity contribution < 1.29 is 4.79 Å². The van der Waals surface area contributed by atoms with Crippen LogP contribution in [0, 0.1) is 0 Å². The van der Waals surface area contributed by atoms with Gasteiger partial charge in [0.25, 0.3) is 5.91 Å². The van der Waals surface area contributed by atoms with E-state index < -0.39 is 0 Å². The van der Waals surface area contributed by atoms with Crippen LogP contribution in [0.3, 0.4) is 0 Å². The van der Waals surface area contributed by atoms with Gasteiger partial charge in [-0.3, -0.25) is 9.20 Å². The van der Waals surface area contributed by atoms with Crippen LogP contribution in [0.15, 0.2) is 36.1 Å². The number of nitrogens with zero attached hydrogens (tertiary/aromatic N) is 4. The summed E-state index contributed by atoms with van der Waals surface area (Å²) in [5.41, 5.74) is 1.65. The third-order valence-electron chi connectivity index (χ3n) is 4.57. The van der Waals surface area contributed by atoms with E-state index in [1.165, 1.54) is 6.42 Å². The van der Waals surface area contributed by atoms with Gasteiger partial charge in [0.05, 0.1) is 11.7 Å². The molecule has 0 bridgehead atoms. The van der Waals surface area contributed by atoms with Crippen molar-refractivity contribution in [3.63, 3.8) is 0 Å². The summed E-state index contributed by atoms with van der Waals surface area (Å²) in [7, 11) is 0. The summed E-state index contributed by atoms with van der Waals surface area (Å²) in [6.07, 6.45) is 9.11. The lowest BCUT2D eigenvalue weighted by Gasteiger charge is -2.26. The molecule has 0 saturated carbocycles. The standard InChI is InChI=1S/C18H21N5OS/c1-13(15-12-23-9-10-25-18(23)21-15)20-16-11-14(5-6-19-16)17(24)22-7-3-2-4-8-22/h5-6,9-13H,2-4,7-8H2,1H3,(H,19,20). The Kier molecular flexibility index (Phi) is 4.40. The maximum absolute atomic E-state index is 12.6. The van der Waals surface area contributed by atoms with Gasteiger partial charge in [0.2, 0.25) is 0 Å². The van der Waals surface area contributed by atoms with Gasteiger partial charge >= 0.3 is 0 Å². The van der Waals surface area contributed by atoms with E-state index in [2.05, 4.69) is 15.3 Å². The van der Waals surface area contributed by atoms with E-state index in [1.54, 1.807) is 23.6 Å². The largest absolute Gasteiger partial charge is 0.362 e. The third-order valence-corrected chi connectivity index (χ3v) is 5.34. The quantitative estimate of drug-likeness (QED) is 0.777. The highest BCUT2D eigenvalue weighted by Gasteiger charge is 2.19. The van der Waals surface area contributed by atoms with Crippen LogP contribution in [-0.4, -0.2) is 38.3 Å². The molecular weight excluding hydrogens is 334 g/mol. The Morgan fingerprint density at radius 1 is 1.32 bits per heavy atom. The van der Waals surface area contributed by atoms with Crippen molar-refractivity contribution in [2.45, 2.75) is 32.2 Å².